The normalized spacial score (nSPS) is 15.3. The van der Waals surface area contributed by atoms with E-state index < -0.39 is 0 Å². The Balaban J connectivity index is 4.56. The lowest BCUT2D eigenvalue weighted by Gasteiger charge is -2.30. The molecule has 0 aliphatic rings. The van der Waals surface area contributed by atoms with Gasteiger partial charge in [0, 0.05) is 10.00 Å². The third-order valence-electron chi connectivity index (χ3n) is 3.73. The lowest BCUT2D eigenvalue weighted by atomic mass is 9.92. The summed E-state index contributed by atoms with van der Waals surface area (Å²) < 4.78 is 0.252. The summed E-state index contributed by atoms with van der Waals surface area (Å²) in [4.78, 5) is -0.266. The average Bonchev–Trinajstić information content (AvgIpc) is 2.41. The molecule has 4 heteroatoms. The summed E-state index contributed by atoms with van der Waals surface area (Å²) in [6, 6.07) is 0. The van der Waals surface area contributed by atoms with Gasteiger partial charge < -0.3 is 0 Å². The van der Waals surface area contributed by atoms with Gasteiger partial charge in [0.05, 0.1) is 0 Å². The van der Waals surface area contributed by atoms with Crippen LogP contribution in [0.2, 0.25) is 0 Å². The second kappa shape index (κ2) is 13.6. The summed E-state index contributed by atoms with van der Waals surface area (Å²) in [5.74, 6) is 0.656. The first-order valence-corrected chi connectivity index (χ1v) is 12.0. The average molecular weight is 388 g/mol. The van der Waals surface area contributed by atoms with Crippen molar-refractivity contribution in [2.75, 3.05) is 0 Å². The van der Waals surface area contributed by atoms with E-state index in [-0.39, 0.29) is 9.58 Å². The monoisotopic (exact) mass is 386 g/mol. The Hall–Kier alpha value is 1.28. The van der Waals surface area contributed by atoms with Crippen LogP contribution in [0, 0.1) is 5.92 Å². The van der Waals surface area contributed by atoms with E-state index in [1.807, 2.05) is 21.6 Å². The van der Waals surface area contributed by atoms with E-state index in [2.05, 4.69) is 34.6 Å². The van der Waals surface area contributed by atoms with Crippen LogP contribution >= 0.6 is 44.8 Å². The van der Waals surface area contributed by atoms with Crippen LogP contribution in [0.3, 0.4) is 0 Å². The molecule has 0 heterocycles. The molecule has 0 aliphatic heterocycles. The number of hydrogen-bond acceptors (Lipinski definition) is 2. The summed E-state index contributed by atoms with van der Waals surface area (Å²) in [5.41, 5.74) is 0. The summed E-state index contributed by atoms with van der Waals surface area (Å²) in [7, 11) is 3.85. The number of rotatable bonds is 13. The highest BCUT2D eigenvalue weighted by Gasteiger charge is 2.29. The summed E-state index contributed by atoms with van der Waals surface area (Å²) in [5, 5.41) is 0.353. The second-order valence-electron chi connectivity index (χ2n) is 7.20. The Kier molecular flexibility index (Phi) is 14.3. The zero-order valence-corrected chi connectivity index (χ0v) is 18.3. The molecule has 0 saturated carbocycles. The fourth-order valence-corrected chi connectivity index (χ4v) is 6.49. The summed E-state index contributed by atoms with van der Waals surface area (Å²) in [6.45, 7) is 11.3. The summed E-state index contributed by atoms with van der Waals surface area (Å²) in [6.07, 6.45) is 11.8. The molecule has 2 atom stereocenters. The van der Waals surface area contributed by atoms with Crippen LogP contribution in [0.5, 0.6) is 0 Å². The van der Waals surface area contributed by atoms with E-state index in [0.29, 0.717) is 11.2 Å². The van der Waals surface area contributed by atoms with Gasteiger partial charge in [-0.25, -0.2) is 0 Å². The van der Waals surface area contributed by atoms with Crippen LogP contribution in [-0.4, -0.2) is 14.8 Å². The maximum Gasteiger partial charge on any atom is 0.120 e. The second-order valence-corrected chi connectivity index (χ2v) is 11.6. The first kappa shape index (κ1) is 23.3. The number of halogens is 2. The molecule has 22 heavy (non-hydrogen) atoms. The first-order chi connectivity index (χ1) is 10.3. The van der Waals surface area contributed by atoms with Gasteiger partial charge in [0.25, 0.3) is 0 Å². The Morgan fingerprint density at radius 1 is 0.818 bits per heavy atom. The molecule has 1 unspecified atom stereocenters. The third-order valence-corrected chi connectivity index (χ3v) is 8.50. The van der Waals surface area contributed by atoms with Crippen molar-refractivity contribution in [1.29, 1.82) is 0 Å². The van der Waals surface area contributed by atoms with Crippen molar-refractivity contribution < 1.29 is 0 Å². The van der Waals surface area contributed by atoms with E-state index in [9.17, 15) is 0 Å². The number of alkyl halides is 2. The van der Waals surface area contributed by atoms with Crippen molar-refractivity contribution in [3.8, 4) is 0 Å². The molecule has 0 N–H and O–H groups in total. The first-order valence-electron chi connectivity index (χ1n) is 8.94. The van der Waals surface area contributed by atoms with Gasteiger partial charge in [-0.05, 0) is 18.8 Å². The maximum atomic E-state index is 6.35. The topological polar surface area (TPSA) is 0 Å². The molecular weight excluding hydrogens is 351 g/mol. The van der Waals surface area contributed by atoms with Gasteiger partial charge >= 0.3 is 0 Å². The van der Waals surface area contributed by atoms with Crippen molar-refractivity contribution in [2.45, 2.75) is 107 Å². The highest BCUT2D eigenvalue weighted by atomic mass is 35.5. The van der Waals surface area contributed by atoms with Crippen LogP contribution in [0.25, 0.3) is 0 Å². The molecule has 0 aromatic heterocycles. The molecule has 0 radical (unpaired) electrons. The standard InChI is InChI=1S/C18H36Cl2S2/c1-6-8-10-12-14-15(13-11-9-7-2)16(17(19)20)21-22-18(3,4)5/h15-17H,6-14H2,1-5H3/t15?,16-/m1/s1. The zero-order chi connectivity index (χ0) is 17.0. The largest absolute Gasteiger partial charge is 0.120 e. The highest BCUT2D eigenvalue weighted by molar-refractivity contribution is 8.77. The minimum atomic E-state index is -0.266. The molecule has 0 aliphatic carbocycles. The van der Waals surface area contributed by atoms with E-state index in [1.54, 1.807) is 0 Å². The predicted octanol–water partition coefficient (Wildman–Crippen LogP) is 8.51. The molecule has 0 bridgehead atoms. The SMILES string of the molecule is CCCCCCC(CCCCC)[C@@H](SSC(C)(C)C)C(Cl)Cl. The number of unbranched alkanes of at least 4 members (excludes halogenated alkanes) is 5. The smallest absolute Gasteiger partial charge is 0.104 e. The molecule has 0 fully saturated rings. The van der Waals surface area contributed by atoms with Gasteiger partial charge in [-0.2, -0.15) is 0 Å². The third kappa shape index (κ3) is 12.7. The molecule has 0 amide bonds. The quantitative estimate of drug-likeness (QED) is 0.176. The van der Waals surface area contributed by atoms with Gasteiger partial charge in [-0.15, -0.1) is 23.2 Å². The van der Waals surface area contributed by atoms with E-state index in [0.717, 1.165) is 0 Å². The lowest BCUT2D eigenvalue weighted by Crippen LogP contribution is -2.24. The zero-order valence-electron chi connectivity index (χ0n) is 15.2. The van der Waals surface area contributed by atoms with Crippen molar-refractivity contribution in [2.24, 2.45) is 5.92 Å². The fourth-order valence-electron chi connectivity index (χ4n) is 2.49. The molecule has 0 aromatic rings. The van der Waals surface area contributed by atoms with Gasteiger partial charge in [0.2, 0.25) is 0 Å². The van der Waals surface area contributed by atoms with E-state index in [1.165, 1.54) is 57.8 Å². The highest BCUT2D eigenvalue weighted by Crippen LogP contribution is 2.45. The lowest BCUT2D eigenvalue weighted by molar-refractivity contribution is 0.403. The molecular formula is C18H36Cl2S2. The van der Waals surface area contributed by atoms with E-state index >= 15 is 0 Å². The van der Waals surface area contributed by atoms with Crippen molar-refractivity contribution in [3.05, 3.63) is 0 Å². The Labute approximate surface area is 157 Å². The number of hydrogen-bond donors (Lipinski definition) is 0. The minimum Gasteiger partial charge on any atom is -0.104 e. The summed E-state index contributed by atoms with van der Waals surface area (Å²) >= 11 is 12.7. The molecule has 0 spiro atoms. The fraction of sp³-hybridized carbons (Fsp3) is 1.00. The Morgan fingerprint density at radius 2 is 1.32 bits per heavy atom. The molecule has 134 valence electrons. The minimum absolute atomic E-state index is 0.252. The van der Waals surface area contributed by atoms with Gasteiger partial charge in [0.15, 0.2) is 0 Å². The predicted molar refractivity (Wildman–Crippen MR) is 111 cm³/mol. The van der Waals surface area contributed by atoms with Gasteiger partial charge in [-0.3, -0.25) is 0 Å². The van der Waals surface area contributed by atoms with Crippen LogP contribution in [0.1, 0.15) is 92.4 Å². The molecule has 0 rings (SSSR count). The van der Waals surface area contributed by atoms with Crippen LogP contribution in [0.15, 0.2) is 0 Å². The molecule has 0 nitrogen and oxygen atoms in total. The molecule has 0 saturated heterocycles. The van der Waals surface area contributed by atoms with Crippen molar-refractivity contribution >= 4 is 44.8 Å². The van der Waals surface area contributed by atoms with Crippen molar-refractivity contribution in [1.82, 2.24) is 0 Å². The van der Waals surface area contributed by atoms with Crippen molar-refractivity contribution in [3.63, 3.8) is 0 Å². The van der Waals surface area contributed by atoms with Crippen LogP contribution in [-0.2, 0) is 0 Å². The van der Waals surface area contributed by atoms with Gasteiger partial charge in [0.1, 0.15) is 4.84 Å². The van der Waals surface area contributed by atoms with Crippen LogP contribution in [0.4, 0.5) is 0 Å². The van der Waals surface area contributed by atoms with E-state index in [4.69, 9.17) is 23.2 Å². The maximum absolute atomic E-state index is 6.35. The molecule has 0 aromatic carbocycles. The van der Waals surface area contributed by atoms with Crippen LogP contribution < -0.4 is 0 Å². The van der Waals surface area contributed by atoms with Gasteiger partial charge in [-0.1, -0.05) is 101 Å². The Morgan fingerprint density at radius 3 is 1.77 bits per heavy atom. The Bertz CT molecular complexity index is 252.